The Morgan fingerprint density at radius 2 is 1.33 bits per heavy atom. The number of nitrogens with one attached hydrogen (secondary N) is 2. The SMILES string of the molecule is C1=C2C(=CC3C1c1ccccc1C31CCCCC1)C1(CCCCC1)C1=C2CCC(c2cccc(C3N=C(c4ccccc4)NC(c4ccccc4)N3)c2)=C1. The van der Waals surface area contributed by atoms with Gasteiger partial charge in [0.15, 0.2) is 0 Å². The molecule has 54 heavy (non-hydrogen) atoms. The minimum Gasteiger partial charge on any atom is -0.350 e. The molecule has 0 amide bonds. The second kappa shape index (κ2) is 12.9. The Balaban J connectivity index is 0.980. The van der Waals surface area contributed by atoms with Crippen molar-refractivity contribution in [3.8, 4) is 0 Å². The Hall–Kier alpha value is -4.73. The van der Waals surface area contributed by atoms with Gasteiger partial charge in [-0.25, -0.2) is 4.99 Å². The van der Waals surface area contributed by atoms with Crippen LogP contribution in [0.5, 0.6) is 0 Å². The second-order valence-corrected chi connectivity index (χ2v) is 17.2. The minimum atomic E-state index is -0.158. The smallest absolute Gasteiger partial charge is 0.131 e. The molecule has 11 rings (SSSR count). The summed E-state index contributed by atoms with van der Waals surface area (Å²) in [6, 6.07) is 40.1. The lowest BCUT2D eigenvalue weighted by Crippen LogP contribution is -2.44. The first-order valence-electron chi connectivity index (χ1n) is 21.0. The van der Waals surface area contributed by atoms with Crippen LogP contribution in [0.2, 0.25) is 0 Å². The lowest BCUT2D eigenvalue weighted by atomic mass is 9.59. The molecule has 4 aromatic rings. The van der Waals surface area contributed by atoms with Gasteiger partial charge in [0.05, 0.1) is 0 Å². The van der Waals surface area contributed by atoms with E-state index in [1.165, 1.54) is 86.5 Å². The van der Waals surface area contributed by atoms with Crippen molar-refractivity contribution in [2.24, 2.45) is 16.3 Å². The summed E-state index contributed by atoms with van der Waals surface area (Å²) in [4.78, 5) is 5.29. The highest BCUT2D eigenvalue weighted by Gasteiger charge is 2.56. The molecular weight excluding hydrogens is 655 g/mol. The first kappa shape index (κ1) is 32.7. The van der Waals surface area contributed by atoms with Gasteiger partial charge in [-0.05, 0) is 106 Å². The van der Waals surface area contributed by atoms with E-state index in [-0.39, 0.29) is 17.7 Å². The van der Waals surface area contributed by atoms with Crippen molar-refractivity contribution in [1.82, 2.24) is 10.6 Å². The third kappa shape index (κ3) is 5.07. The van der Waals surface area contributed by atoms with E-state index in [1.807, 2.05) is 0 Å². The first-order chi connectivity index (χ1) is 26.7. The molecule has 2 fully saturated rings. The van der Waals surface area contributed by atoms with Crippen LogP contribution in [-0.4, -0.2) is 5.84 Å². The Labute approximate surface area is 321 Å². The quantitative estimate of drug-likeness (QED) is 0.222. The molecule has 7 aliphatic rings. The molecule has 3 nitrogen and oxygen atoms in total. The van der Waals surface area contributed by atoms with Crippen LogP contribution in [0.4, 0.5) is 0 Å². The molecule has 2 spiro atoms. The van der Waals surface area contributed by atoms with Gasteiger partial charge in [-0.3, -0.25) is 5.32 Å². The number of rotatable bonds is 4. The van der Waals surface area contributed by atoms with Gasteiger partial charge in [-0.15, -0.1) is 0 Å². The maximum atomic E-state index is 5.29. The van der Waals surface area contributed by atoms with E-state index in [2.05, 4.69) is 138 Å². The van der Waals surface area contributed by atoms with Crippen molar-refractivity contribution in [3.05, 3.63) is 183 Å². The molecule has 0 saturated heterocycles. The molecule has 2 N–H and O–H groups in total. The number of fused-ring (bicyclic) bond motifs is 9. The van der Waals surface area contributed by atoms with Crippen LogP contribution in [0.25, 0.3) is 5.57 Å². The van der Waals surface area contributed by atoms with E-state index < -0.39 is 0 Å². The van der Waals surface area contributed by atoms with E-state index in [9.17, 15) is 0 Å². The van der Waals surface area contributed by atoms with Gasteiger partial charge < -0.3 is 5.32 Å². The summed E-state index contributed by atoms with van der Waals surface area (Å²) in [6.45, 7) is 0. The summed E-state index contributed by atoms with van der Waals surface area (Å²) in [5.41, 5.74) is 16.9. The topological polar surface area (TPSA) is 36.4 Å². The Bertz CT molecular complexity index is 2260. The lowest BCUT2D eigenvalue weighted by Gasteiger charge is -2.44. The van der Waals surface area contributed by atoms with Gasteiger partial charge >= 0.3 is 0 Å². The van der Waals surface area contributed by atoms with Crippen LogP contribution in [0.3, 0.4) is 0 Å². The van der Waals surface area contributed by atoms with Crippen LogP contribution in [0, 0.1) is 11.3 Å². The number of benzene rings is 4. The molecule has 2 saturated carbocycles. The summed E-state index contributed by atoms with van der Waals surface area (Å²) in [5.74, 6) is 2.06. The highest BCUT2D eigenvalue weighted by atomic mass is 15.3. The van der Waals surface area contributed by atoms with Crippen LogP contribution in [0.15, 0.2) is 155 Å². The van der Waals surface area contributed by atoms with E-state index in [0.717, 1.165) is 24.2 Å². The maximum Gasteiger partial charge on any atom is 0.131 e. The Morgan fingerprint density at radius 3 is 2.15 bits per heavy atom. The number of hydrogen-bond acceptors (Lipinski definition) is 3. The summed E-state index contributed by atoms with van der Waals surface area (Å²) < 4.78 is 0. The van der Waals surface area contributed by atoms with Crippen molar-refractivity contribution < 1.29 is 0 Å². The predicted octanol–water partition coefficient (Wildman–Crippen LogP) is 11.9. The van der Waals surface area contributed by atoms with Gasteiger partial charge in [0, 0.05) is 22.3 Å². The monoisotopic (exact) mass is 705 g/mol. The van der Waals surface area contributed by atoms with Crippen molar-refractivity contribution in [2.75, 3.05) is 0 Å². The number of amidine groups is 1. The van der Waals surface area contributed by atoms with Gasteiger partial charge in [0.2, 0.25) is 0 Å². The molecule has 1 heterocycles. The van der Waals surface area contributed by atoms with Crippen molar-refractivity contribution >= 4 is 11.4 Å². The molecule has 0 aromatic heterocycles. The largest absolute Gasteiger partial charge is 0.350 e. The minimum absolute atomic E-state index is 0.0390. The number of allylic oxidation sites excluding steroid dienone is 8. The fourth-order valence-electron chi connectivity index (χ4n) is 12.1. The lowest BCUT2D eigenvalue weighted by molar-refractivity contribution is 0.227. The average Bonchev–Trinajstić information content (AvgIpc) is 3.66. The summed E-state index contributed by atoms with van der Waals surface area (Å²) >= 11 is 0. The van der Waals surface area contributed by atoms with E-state index in [0.29, 0.717) is 17.3 Å². The molecular formula is C51H51N3. The summed E-state index contributed by atoms with van der Waals surface area (Å²) in [6.07, 6.45) is 23.9. The van der Waals surface area contributed by atoms with Gasteiger partial charge in [0.25, 0.3) is 0 Å². The van der Waals surface area contributed by atoms with Gasteiger partial charge in [-0.2, -0.15) is 0 Å². The Morgan fingerprint density at radius 1 is 0.630 bits per heavy atom. The van der Waals surface area contributed by atoms with Crippen LogP contribution < -0.4 is 10.6 Å². The van der Waals surface area contributed by atoms with Crippen LogP contribution in [0.1, 0.15) is 129 Å². The van der Waals surface area contributed by atoms with Crippen LogP contribution in [-0.2, 0) is 5.41 Å². The van der Waals surface area contributed by atoms with E-state index in [4.69, 9.17) is 4.99 Å². The molecule has 0 bridgehead atoms. The zero-order valence-corrected chi connectivity index (χ0v) is 31.4. The number of nitrogens with zero attached hydrogens (tertiary/aromatic N) is 1. The van der Waals surface area contributed by atoms with E-state index in [1.54, 1.807) is 33.4 Å². The zero-order chi connectivity index (χ0) is 35.7. The van der Waals surface area contributed by atoms with Crippen molar-refractivity contribution in [2.45, 2.75) is 101 Å². The first-order valence-corrected chi connectivity index (χ1v) is 21.0. The molecule has 4 unspecified atom stereocenters. The van der Waals surface area contributed by atoms with Gasteiger partial charge in [0.1, 0.15) is 18.2 Å². The third-order valence-electron chi connectivity index (χ3n) is 14.6. The molecule has 6 aliphatic carbocycles. The normalized spacial score (nSPS) is 27.5. The van der Waals surface area contributed by atoms with Crippen LogP contribution >= 0.6 is 0 Å². The maximum absolute atomic E-state index is 5.29. The number of hydrogen-bond donors (Lipinski definition) is 2. The summed E-state index contributed by atoms with van der Waals surface area (Å²) in [5, 5.41) is 7.54. The van der Waals surface area contributed by atoms with Crippen molar-refractivity contribution in [3.63, 3.8) is 0 Å². The highest BCUT2D eigenvalue weighted by molar-refractivity contribution is 5.99. The van der Waals surface area contributed by atoms with Gasteiger partial charge in [-0.1, -0.05) is 160 Å². The second-order valence-electron chi connectivity index (χ2n) is 17.2. The molecule has 4 aromatic carbocycles. The highest BCUT2D eigenvalue weighted by Crippen LogP contribution is 2.67. The molecule has 0 radical (unpaired) electrons. The third-order valence-corrected chi connectivity index (χ3v) is 14.6. The molecule has 3 heteroatoms. The van der Waals surface area contributed by atoms with E-state index >= 15 is 0 Å². The summed E-state index contributed by atoms with van der Waals surface area (Å²) in [7, 11) is 0. The number of aliphatic imine (C=N–C) groups is 1. The average molecular weight is 706 g/mol. The predicted molar refractivity (Wildman–Crippen MR) is 221 cm³/mol. The fourth-order valence-corrected chi connectivity index (χ4v) is 12.1. The zero-order valence-electron chi connectivity index (χ0n) is 31.4. The fraction of sp³-hybridized carbons (Fsp3) is 0.353. The molecule has 270 valence electrons. The Kier molecular flexibility index (Phi) is 7.84. The van der Waals surface area contributed by atoms with Crippen molar-refractivity contribution in [1.29, 1.82) is 0 Å². The molecule has 1 aliphatic heterocycles. The molecule has 4 atom stereocenters. The standard InChI is InChI=1S/C51H51N3/c1-5-16-34(17-6-1)47-52-48(35-18-7-2-8-19-35)54-49(53-47)38-21-15-20-36(30-38)37-24-25-40-42-32-41-39-22-9-10-23-43(39)50(26-11-3-12-27-50)45(41)33-46(42)51(44(40)31-37)28-13-4-14-29-51/h1-2,5-10,15-23,30-33,41,45,47,49,53H,3-4,11-14,24-29H2,(H,52,54).